The molecule has 0 saturated heterocycles. The molecule has 0 unspecified atom stereocenters. The molecule has 0 radical (unpaired) electrons. The van der Waals surface area contributed by atoms with Gasteiger partial charge in [-0.3, -0.25) is 9.79 Å². The Hall–Kier alpha value is -3.76. The number of ether oxygens (including phenoxy) is 2. The molecule has 11 heteroatoms. The summed E-state index contributed by atoms with van der Waals surface area (Å²) in [4.78, 5) is 40.0. The summed E-state index contributed by atoms with van der Waals surface area (Å²) in [6.45, 7) is 8.44. The number of aliphatic imine (C=N–C) groups is 1. The van der Waals surface area contributed by atoms with Gasteiger partial charge in [0, 0.05) is 19.6 Å². The van der Waals surface area contributed by atoms with Crippen LogP contribution in [0.15, 0.2) is 41.4 Å². The second-order valence-electron chi connectivity index (χ2n) is 8.77. The van der Waals surface area contributed by atoms with Gasteiger partial charge in [-0.05, 0) is 56.2 Å². The molecule has 0 fully saturated rings. The monoisotopic (exact) mass is 484 g/mol. The average molecular weight is 484 g/mol. The van der Waals surface area contributed by atoms with Crippen LogP contribution in [0.3, 0.4) is 0 Å². The molecule has 0 spiro atoms. The Balaban J connectivity index is 1.86. The molecular formula is C24H33BN4O6. The number of nitrogens with zero attached hydrogens (tertiary/aromatic N) is 1. The third kappa shape index (κ3) is 9.95. The lowest BCUT2D eigenvalue weighted by Crippen LogP contribution is -2.38. The maximum atomic E-state index is 12.5. The summed E-state index contributed by atoms with van der Waals surface area (Å²) in [5.41, 5.74) is 0.273. The lowest BCUT2D eigenvalue weighted by atomic mass is 9.97. The van der Waals surface area contributed by atoms with Crippen LogP contribution in [0.4, 0.5) is 9.59 Å². The third-order valence-electron chi connectivity index (χ3n) is 4.72. The molecule has 0 aliphatic rings. The number of carbonyl (C=O) groups excluding carboxylic acids is 3. The van der Waals surface area contributed by atoms with Crippen molar-refractivity contribution in [3.8, 4) is 5.75 Å². The zero-order chi connectivity index (χ0) is 25.8. The fourth-order valence-corrected chi connectivity index (χ4v) is 3.04. The van der Waals surface area contributed by atoms with Crippen molar-refractivity contribution in [2.45, 2.75) is 39.2 Å². The zero-order valence-electron chi connectivity index (χ0n) is 20.8. The summed E-state index contributed by atoms with van der Waals surface area (Å²) in [6.07, 6.45) is 0.213. The molecule has 188 valence electrons. The molecule has 2 rings (SSSR count). The molecular weight excluding hydrogens is 451 g/mol. The molecule has 0 heterocycles. The van der Waals surface area contributed by atoms with Crippen molar-refractivity contribution in [1.29, 1.82) is 0 Å². The highest BCUT2D eigenvalue weighted by Crippen LogP contribution is 2.25. The van der Waals surface area contributed by atoms with Crippen LogP contribution >= 0.6 is 0 Å². The minimum absolute atomic E-state index is 0.151. The Labute approximate surface area is 206 Å². The maximum absolute atomic E-state index is 12.5. The van der Waals surface area contributed by atoms with Gasteiger partial charge < -0.3 is 30.1 Å². The van der Waals surface area contributed by atoms with E-state index in [2.05, 4.69) is 25.6 Å². The largest absolute Gasteiger partial charge is 0.560 e. The SMILES string of the molecule is BOC=NCCNC(=O)Oc1ccc2cc([C@@H](C)C(=O)NCCNC(=O)OC(C)(C)C)ccc2c1. The van der Waals surface area contributed by atoms with Crippen molar-refractivity contribution < 1.29 is 28.5 Å². The third-order valence-corrected chi connectivity index (χ3v) is 4.72. The summed E-state index contributed by atoms with van der Waals surface area (Å²) in [5.74, 6) is -0.128. The minimum atomic E-state index is -0.573. The molecule has 1 atom stereocenters. The number of nitrogens with one attached hydrogen (secondary N) is 3. The molecule has 3 amide bonds. The van der Waals surface area contributed by atoms with E-state index in [4.69, 9.17) is 9.47 Å². The first-order chi connectivity index (χ1) is 16.6. The summed E-state index contributed by atoms with van der Waals surface area (Å²) in [7, 11) is 1.50. The number of amides is 3. The number of benzene rings is 2. The Morgan fingerprint density at radius 2 is 1.63 bits per heavy atom. The molecule has 0 aliphatic heterocycles. The normalized spacial score (nSPS) is 12.1. The lowest BCUT2D eigenvalue weighted by Gasteiger charge is -2.20. The summed E-state index contributed by atoms with van der Waals surface area (Å²) in [6, 6.07) is 11.0. The Bertz CT molecular complexity index is 1050. The number of hydrogen-bond donors (Lipinski definition) is 3. The Kier molecular flexibility index (Phi) is 10.4. The summed E-state index contributed by atoms with van der Waals surface area (Å²) >= 11 is 0. The molecule has 2 aromatic carbocycles. The van der Waals surface area contributed by atoms with Crippen LogP contribution < -0.4 is 20.7 Å². The first-order valence-electron chi connectivity index (χ1n) is 11.3. The van der Waals surface area contributed by atoms with E-state index in [9.17, 15) is 14.4 Å². The van der Waals surface area contributed by atoms with Gasteiger partial charge in [0.05, 0.1) is 12.5 Å². The highest BCUT2D eigenvalue weighted by Gasteiger charge is 2.17. The predicted octanol–water partition coefficient (Wildman–Crippen LogP) is 2.27. The van der Waals surface area contributed by atoms with Crippen molar-refractivity contribution in [3.63, 3.8) is 0 Å². The highest BCUT2D eigenvalue weighted by atomic mass is 16.6. The van der Waals surface area contributed by atoms with Crippen LogP contribution in [0.5, 0.6) is 5.75 Å². The summed E-state index contributed by atoms with van der Waals surface area (Å²) in [5, 5.41) is 9.82. The van der Waals surface area contributed by atoms with Gasteiger partial charge in [-0.15, -0.1) is 0 Å². The molecule has 2 aromatic rings. The minimum Gasteiger partial charge on any atom is -0.560 e. The van der Waals surface area contributed by atoms with Gasteiger partial charge in [-0.2, -0.15) is 0 Å². The van der Waals surface area contributed by atoms with E-state index in [1.165, 1.54) is 14.4 Å². The van der Waals surface area contributed by atoms with Gasteiger partial charge in [-0.25, -0.2) is 9.59 Å². The van der Waals surface area contributed by atoms with Crippen LogP contribution in [-0.2, 0) is 14.2 Å². The molecule has 0 bridgehead atoms. The highest BCUT2D eigenvalue weighted by molar-refractivity contribution is 6.02. The van der Waals surface area contributed by atoms with Gasteiger partial charge in [0.1, 0.15) is 11.4 Å². The van der Waals surface area contributed by atoms with E-state index in [0.29, 0.717) is 18.8 Å². The van der Waals surface area contributed by atoms with Crippen LogP contribution in [-0.4, -0.2) is 64.3 Å². The second-order valence-corrected chi connectivity index (χ2v) is 8.77. The van der Waals surface area contributed by atoms with Crippen molar-refractivity contribution in [3.05, 3.63) is 42.0 Å². The predicted molar refractivity (Wildman–Crippen MR) is 137 cm³/mol. The van der Waals surface area contributed by atoms with Crippen molar-refractivity contribution in [1.82, 2.24) is 16.0 Å². The van der Waals surface area contributed by atoms with E-state index in [0.717, 1.165) is 16.3 Å². The van der Waals surface area contributed by atoms with Crippen LogP contribution in [0.25, 0.3) is 10.8 Å². The summed E-state index contributed by atoms with van der Waals surface area (Å²) < 4.78 is 15.2. The van der Waals surface area contributed by atoms with Gasteiger partial charge in [0.25, 0.3) is 0 Å². The average Bonchev–Trinajstić information content (AvgIpc) is 2.79. The molecule has 0 aliphatic carbocycles. The van der Waals surface area contributed by atoms with Gasteiger partial charge in [0.2, 0.25) is 5.91 Å². The molecule has 0 aromatic heterocycles. The van der Waals surface area contributed by atoms with Crippen LogP contribution in [0.2, 0.25) is 0 Å². The van der Waals surface area contributed by atoms with Crippen molar-refractivity contribution in [2.75, 3.05) is 26.2 Å². The number of hydrogen-bond acceptors (Lipinski definition) is 7. The lowest BCUT2D eigenvalue weighted by molar-refractivity contribution is -0.122. The van der Waals surface area contributed by atoms with Crippen molar-refractivity contribution >= 4 is 43.3 Å². The molecule has 3 N–H and O–H groups in total. The first kappa shape index (κ1) is 27.5. The second kappa shape index (κ2) is 13.2. The van der Waals surface area contributed by atoms with E-state index in [1.54, 1.807) is 32.9 Å². The Morgan fingerprint density at radius 1 is 0.971 bits per heavy atom. The van der Waals surface area contributed by atoms with E-state index < -0.39 is 17.8 Å². The molecule has 10 nitrogen and oxygen atoms in total. The van der Waals surface area contributed by atoms with E-state index >= 15 is 0 Å². The Morgan fingerprint density at radius 3 is 2.34 bits per heavy atom. The maximum Gasteiger partial charge on any atom is 0.412 e. The number of carbonyl (C=O) groups is 3. The quantitative estimate of drug-likeness (QED) is 0.206. The van der Waals surface area contributed by atoms with E-state index in [-0.39, 0.29) is 24.9 Å². The fourth-order valence-electron chi connectivity index (χ4n) is 3.04. The van der Waals surface area contributed by atoms with Crippen LogP contribution in [0.1, 0.15) is 39.2 Å². The standard InChI is InChI=1S/C24H33BN4O6/c1-16(21(30)27-11-12-29-23(32)35-24(2,3)4)17-5-6-19-14-20(8-7-18(19)13-17)34-22(31)28-10-9-26-15-33-25/h5-8,13-16H,9-12,25H2,1-4H3,(H,27,30)(H,28,31)(H,29,32)/t16-/m1/s1. The van der Waals surface area contributed by atoms with E-state index in [1.807, 2.05) is 31.2 Å². The fraction of sp³-hybridized carbons (Fsp3) is 0.417. The molecule has 0 saturated carbocycles. The smallest absolute Gasteiger partial charge is 0.412 e. The topological polar surface area (TPSA) is 127 Å². The van der Waals surface area contributed by atoms with Crippen molar-refractivity contribution in [2.24, 2.45) is 4.99 Å². The number of rotatable bonds is 10. The van der Waals surface area contributed by atoms with Gasteiger partial charge >= 0.3 is 20.2 Å². The number of alkyl carbamates (subject to hydrolysis) is 1. The number of fused-ring (bicyclic) bond motifs is 1. The zero-order valence-corrected chi connectivity index (χ0v) is 20.8. The van der Waals surface area contributed by atoms with Gasteiger partial charge in [0.15, 0.2) is 6.40 Å². The van der Waals surface area contributed by atoms with Gasteiger partial charge in [-0.1, -0.05) is 24.3 Å². The van der Waals surface area contributed by atoms with Crippen LogP contribution in [0, 0.1) is 0 Å². The molecule has 35 heavy (non-hydrogen) atoms. The first-order valence-corrected chi connectivity index (χ1v) is 11.3.